The highest BCUT2D eigenvalue weighted by atomic mass is 16.5. The SMILES string of the molecule is CNC(c1cccc(OC)c1)C1CC2CCC(C1)N2C. The molecule has 20 heavy (non-hydrogen) atoms. The molecule has 1 N–H and O–H groups in total. The van der Waals surface area contributed by atoms with Gasteiger partial charge in [0.15, 0.2) is 0 Å². The van der Waals surface area contributed by atoms with Crippen molar-refractivity contribution in [3.63, 3.8) is 0 Å². The van der Waals surface area contributed by atoms with Crippen molar-refractivity contribution >= 4 is 0 Å². The maximum Gasteiger partial charge on any atom is 0.119 e. The number of ether oxygens (including phenoxy) is 1. The first-order valence-electron chi connectivity index (χ1n) is 7.76. The second-order valence-electron chi connectivity index (χ2n) is 6.32. The van der Waals surface area contributed by atoms with Gasteiger partial charge in [0.05, 0.1) is 7.11 Å². The molecule has 2 saturated heterocycles. The predicted molar refractivity (Wildman–Crippen MR) is 82.1 cm³/mol. The van der Waals surface area contributed by atoms with E-state index in [9.17, 15) is 0 Å². The summed E-state index contributed by atoms with van der Waals surface area (Å²) in [7, 11) is 6.13. The Balaban J connectivity index is 1.80. The molecular weight excluding hydrogens is 248 g/mol. The van der Waals surface area contributed by atoms with Gasteiger partial charge in [-0.2, -0.15) is 0 Å². The molecule has 2 heterocycles. The summed E-state index contributed by atoms with van der Waals surface area (Å²) < 4.78 is 5.37. The molecule has 0 radical (unpaired) electrons. The fourth-order valence-electron chi connectivity index (χ4n) is 4.24. The number of hydrogen-bond acceptors (Lipinski definition) is 3. The summed E-state index contributed by atoms with van der Waals surface area (Å²) in [6.07, 6.45) is 5.39. The smallest absolute Gasteiger partial charge is 0.119 e. The van der Waals surface area contributed by atoms with Gasteiger partial charge in [0.1, 0.15) is 5.75 Å². The second kappa shape index (κ2) is 5.74. The Morgan fingerprint density at radius 2 is 1.95 bits per heavy atom. The van der Waals surface area contributed by atoms with E-state index in [1.165, 1.54) is 31.2 Å². The lowest BCUT2D eigenvalue weighted by molar-refractivity contribution is 0.114. The molecule has 1 aromatic rings. The number of nitrogens with zero attached hydrogens (tertiary/aromatic N) is 1. The van der Waals surface area contributed by atoms with Crippen molar-refractivity contribution in [3.8, 4) is 5.75 Å². The number of benzene rings is 1. The van der Waals surface area contributed by atoms with E-state index < -0.39 is 0 Å². The normalized spacial score (nSPS) is 31.2. The summed E-state index contributed by atoms with van der Waals surface area (Å²) in [6.45, 7) is 0. The Morgan fingerprint density at radius 3 is 2.55 bits per heavy atom. The first kappa shape index (κ1) is 13.9. The second-order valence-corrected chi connectivity index (χ2v) is 6.32. The summed E-state index contributed by atoms with van der Waals surface area (Å²) in [6, 6.07) is 10.6. The molecule has 0 spiro atoms. The van der Waals surface area contributed by atoms with Gasteiger partial charge in [0.25, 0.3) is 0 Å². The highest BCUT2D eigenvalue weighted by molar-refractivity contribution is 5.31. The standard InChI is InChI=1S/C17H26N2O/c1-18-17(12-5-4-6-16(11-12)20-3)13-9-14-7-8-15(10-13)19(14)2/h4-6,11,13-15,17-18H,7-10H2,1-3H3. The molecule has 1 aromatic carbocycles. The third kappa shape index (κ3) is 2.45. The zero-order valence-corrected chi connectivity index (χ0v) is 12.8. The van der Waals surface area contributed by atoms with Crippen LogP contribution in [0.2, 0.25) is 0 Å². The summed E-state index contributed by atoms with van der Waals surface area (Å²) in [4.78, 5) is 2.61. The van der Waals surface area contributed by atoms with Crippen molar-refractivity contribution in [1.82, 2.24) is 10.2 Å². The largest absolute Gasteiger partial charge is 0.497 e. The summed E-state index contributed by atoms with van der Waals surface area (Å²) in [5.74, 6) is 1.69. The van der Waals surface area contributed by atoms with E-state index in [0.29, 0.717) is 6.04 Å². The zero-order chi connectivity index (χ0) is 14.1. The Hall–Kier alpha value is -1.06. The summed E-state index contributed by atoms with van der Waals surface area (Å²) in [5.41, 5.74) is 1.36. The van der Waals surface area contributed by atoms with E-state index in [1.807, 2.05) is 6.07 Å². The van der Waals surface area contributed by atoms with Gasteiger partial charge in [-0.25, -0.2) is 0 Å². The Morgan fingerprint density at radius 1 is 1.25 bits per heavy atom. The van der Waals surface area contributed by atoms with Gasteiger partial charge in [-0.1, -0.05) is 12.1 Å². The van der Waals surface area contributed by atoms with E-state index in [1.54, 1.807) is 7.11 Å². The number of piperidine rings is 1. The maximum atomic E-state index is 5.37. The van der Waals surface area contributed by atoms with Crippen LogP contribution < -0.4 is 10.1 Å². The molecule has 110 valence electrons. The monoisotopic (exact) mass is 274 g/mol. The summed E-state index contributed by atoms with van der Waals surface area (Å²) >= 11 is 0. The molecule has 3 nitrogen and oxygen atoms in total. The van der Waals surface area contributed by atoms with E-state index in [4.69, 9.17) is 4.74 Å². The minimum Gasteiger partial charge on any atom is -0.497 e. The van der Waals surface area contributed by atoms with Gasteiger partial charge in [0.2, 0.25) is 0 Å². The highest BCUT2D eigenvalue weighted by Gasteiger charge is 2.40. The molecule has 0 saturated carbocycles. The molecule has 3 unspecified atom stereocenters. The van der Waals surface area contributed by atoms with Crippen molar-refractivity contribution in [3.05, 3.63) is 29.8 Å². The van der Waals surface area contributed by atoms with E-state index in [-0.39, 0.29) is 0 Å². The number of rotatable bonds is 4. The van der Waals surface area contributed by atoms with Crippen LogP contribution in [0.1, 0.15) is 37.3 Å². The van der Waals surface area contributed by atoms with Crippen molar-refractivity contribution in [2.75, 3.05) is 21.2 Å². The number of hydrogen-bond donors (Lipinski definition) is 1. The van der Waals surface area contributed by atoms with Gasteiger partial charge in [-0.3, -0.25) is 0 Å². The topological polar surface area (TPSA) is 24.5 Å². The molecule has 0 aliphatic carbocycles. The van der Waals surface area contributed by atoms with Crippen LogP contribution in [0, 0.1) is 5.92 Å². The van der Waals surface area contributed by atoms with Crippen LogP contribution in [0.4, 0.5) is 0 Å². The lowest BCUT2D eigenvalue weighted by atomic mass is 9.82. The van der Waals surface area contributed by atoms with E-state index in [0.717, 1.165) is 23.8 Å². The summed E-state index contributed by atoms with van der Waals surface area (Å²) in [5, 5.41) is 3.55. The van der Waals surface area contributed by atoms with Crippen LogP contribution in [0.5, 0.6) is 5.75 Å². The number of fused-ring (bicyclic) bond motifs is 2. The third-order valence-corrected chi connectivity index (χ3v) is 5.37. The van der Waals surface area contributed by atoms with Crippen LogP contribution in [-0.2, 0) is 0 Å². The quantitative estimate of drug-likeness (QED) is 0.913. The minimum absolute atomic E-state index is 0.446. The molecule has 2 aliphatic heterocycles. The van der Waals surface area contributed by atoms with Crippen LogP contribution in [0.3, 0.4) is 0 Å². The number of methoxy groups -OCH3 is 1. The lowest BCUT2D eigenvalue weighted by Crippen LogP contribution is -2.43. The predicted octanol–water partition coefficient (Wildman–Crippen LogP) is 2.83. The van der Waals surface area contributed by atoms with Gasteiger partial charge in [-0.15, -0.1) is 0 Å². The lowest BCUT2D eigenvalue weighted by Gasteiger charge is -2.40. The Labute approximate surface area is 122 Å². The average molecular weight is 274 g/mol. The van der Waals surface area contributed by atoms with E-state index >= 15 is 0 Å². The van der Waals surface area contributed by atoms with Crippen LogP contribution in [-0.4, -0.2) is 38.2 Å². The molecule has 0 aromatic heterocycles. The van der Waals surface area contributed by atoms with Crippen molar-refractivity contribution in [1.29, 1.82) is 0 Å². The first-order chi connectivity index (χ1) is 9.72. The molecular formula is C17H26N2O. The van der Waals surface area contributed by atoms with Gasteiger partial charge in [-0.05, 0) is 63.4 Å². The molecule has 3 heteroatoms. The molecule has 3 rings (SSSR count). The van der Waals surface area contributed by atoms with Gasteiger partial charge < -0.3 is 15.0 Å². The zero-order valence-electron chi connectivity index (χ0n) is 12.8. The highest BCUT2D eigenvalue weighted by Crippen LogP contribution is 2.42. The fourth-order valence-corrected chi connectivity index (χ4v) is 4.24. The average Bonchev–Trinajstić information content (AvgIpc) is 2.70. The van der Waals surface area contributed by atoms with Crippen LogP contribution in [0.15, 0.2) is 24.3 Å². The molecule has 2 aliphatic rings. The molecule has 2 fully saturated rings. The van der Waals surface area contributed by atoms with Crippen molar-refractivity contribution < 1.29 is 4.74 Å². The Bertz CT molecular complexity index is 448. The van der Waals surface area contributed by atoms with E-state index in [2.05, 4.69) is 42.5 Å². The fraction of sp³-hybridized carbons (Fsp3) is 0.647. The van der Waals surface area contributed by atoms with Crippen LogP contribution in [0.25, 0.3) is 0 Å². The van der Waals surface area contributed by atoms with Crippen LogP contribution >= 0.6 is 0 Å². The van der Waals surface area contributed by atoms with Crippen molar-refractivity contribution in [2.45, 2.75) is 43.8 Å². The Kier molecular flexibility index (Phi) is 3.99. The third-order valence-electron chi connectivity index (χ3n) is 5.37. The maximum absolute atomic E-state index is 5.37. The minimum atomic E-state index is 0.446. The van der Waals surface area contributed by atoms with Gasteiger partial charge >= 0.3 is 0 Å². The molecule has 3 atom stereocenters. The molecule has 0 amide bonds. The first-order valence-corrected chi connectivity index (χ1v) is 7.76. The molecule has 2 bridgehead atoms. The van der Waals surface area contributed by atoms with Gasteiger partial charge in [0, 0.05) is 18.1 Å². The number of nitrogens with one attached hydrogen (secondary N) is 1. The van der Waals surface area contributed by atoms with Crippen molar-refractivity contribution in [2.24, 2.45) is 5.92 Å².